The molecule has 0 aliphatic heterocycles. The van der Waals surface area contributed by atoms with Crippen molar-refractivity contribution in [3.8, 4) is 0 Å². The lowest BCUT2D eigenvalue weighted by Gasteiger charge is -2.12. The molecule has 0 aromatic carbocycles. The molecule has 0 bridgehead atoms. The Kier molecular flexibility index (Phi) is 3.92. The van der Waals surface area contributed by atoms with Gasteiger partial charge >= 0.3 is 0 Å². The Labute approximate surface area is 68.9 Å². The van der Waals surface area contributed by atoms with E-state index in [0.717, 1.165) is 0 Å². The van der Waals surface area contributed by atoms with E-state index < -0.39 is 3.67 Å². The number of alkyl halides is 3. The Morgan fingerprint density at radius 3 is 1.88 bits per heavy atom. The Bertz CT molecular complexity index is 66.2. The van der Waals surface area contributed by atoms with Crippen LogP contribution in [0.3, 0.4) is 0 Å². The zero-order valence-electron chi connectivity index (χ0n) is 4.62. The van der Waals surface area contributed by atoms with Crippen molar-refractivity contribution in [2.45, 2.75) is 22.2 Å². The summed E-state index contributed by atoms with van der Waals surface area (Å²) in [5, 5.41) is 0. The lowest BCUT2D eigenvalue weighted by molar-refractivity contribution is 1.26. The van der Waals surface area contributed by atoms with Crippen LogP contribution in [0.15, 0.2) is 0 Å². The average Bonchev–Trinajstić information content (AvgIpc) is 1.21. The van der Waals surface area contributed by atoms with Crippen LogP contribution in [-0.2, 0) is 0 Å². The van der Waals surface area contributed by atoms with Gasteiger partial charge < -0.3 is 0 Å². The molecule has 0 nitrogen and oxygen atoms in total. The molecule has 0 rings (SSSR count). The van der Waals surface area contributed by atoms with E-state index in [1.165, 1.54) is 11.8 Å². The molecule has 0 saturated carbocycles. The lowest BCUT2D eigenvalue weighted by atomic mass is 10.9. The Morgan fingerprint density at radius 2 is 1.88 bits per heavy atom. The number of rotatable bonds is 2. The van der Waals surface area contributed by atoms with Gasteiger partial charge in [0.05, 0.1) is 4.71 Å². The van der Waals surface area contributed by atoms with Gasteiger partial charge in [0.1, 0.15) is 0 Å². The van der Waals surface area contributed by atoms with Crippen molar-refractivity contribution in [3.05, 3.63) is 0 Å². The van der Waals surface area contributed by atoms with E-state index in [1.54, 1.807) is 6.92 Å². The van der Waals surface area contributed by atoms with Crippen LogP contribution in [0.4, 0.5) is 0 Å². The van der Waals surface area contributed by atoms with Gasteiger partial charge in [-0.2, -0.15) is 0 Å². The molecule has 0 aliphatic carbocycles. The normalized spacial score (nSPS) is 16.1. The molecule has 0 aliphatic rings. The molecular formula is C4H7Cl3S. The Hall–Kier alpha value is 1.22. The molecule has 1 unspecified atom stereocenters. The standard InChI is InChI=1S/C4H7Cl3S/c1-3(5)8-4(2,6)7/h3H,1-2H3. The zero-order valence-corrected chi connectivity index (χ0v) is 7.70. The molecule has 0 aromatic rings. The van der Waals surface area contributed by atoms with Crippen LogP contribution >= 0.6 is 46.6 Å². The van der Waals surface area contributed by atoms with Crippen molar-refractivity contribution in [2.24, 2.45) is 0 Å². The van der Waals surface area contributed by atoms with Gasteiger partial charge in [-0.25, -0.2) is 0 Å². The van der Waals surface area contributed by atoms with E-state index in [-0.39, 0.29) is 4.71 Å². The zero-order chi connectivity index (χ0) is 6.78. The predicted octanol–water partition coefficient (Wildman–Crippen LogP) is 3.46. The SMILES string of the molecule is CC(Cl)SC(C)(Cl)Cl. The Morgan fingerprint density at radius 1 is 1.50 bits per heavy atom. The van der Waals surface area contributed by atoms with Crippen LogP contribution < -0.4 is 0 Å². The van der Waals surface area contributed by atoms with Crippen molar-refractivity contribution in [1.82, 2.24) is 0 Å². The van der Waals surface area contributed by atoms with E-state index in [4.69, 9.17) is 34.8 Å². The highest BCUT2D eigenvalue weighted by atomic mass is 35.5. The molecule has 0 spiro atoms. The van der Waals surface area contributed by atoms with Crippen molar-refractivity contribution >= 4 is 46.6 Å². The summed E-state index contributed by atoms with van der Waals surface area (Å²) >= 11 is 18.0. The van der Waals surface area contributed by atoms with Crippen LogP contribution in [0.1, 0.15) is 13.8 Å². The summed E-state index contributed by atoms with van der Waals surface area (Å²) in [7, 11) is 0. The van der Waals surface area contributed by atoms with Crippen LogP contribution in [0, 0.1) is 0 Å². The topological polar surface area (TPSA) is 0 Å². The van der Waals surface area contributed by atoms with Gasteiger partial charge in [0.15, 0.2) is 3.67 Å². The van der Waals surface area contributed by atoms with E-state index in [9.17, 15) is 0 Å². The minimum Gasteiger partial charge on any atom is -0.111 e. The summed E-state index contributed by atoms with van der Waals surface area (Å²) < 4.78 is -0.781. The first-order chi connectivity index (χ1) is 3.42. The molecule has 8 heavy (non-hydrogen) atoms. The molecule has 50 valence electrons. The molecule has 4 heteroatoms. The molecule has 0 N–H and O–H groups in total. The summed E-state index contributed by atoms with van der Waals surface area (Å²) in [6.07, 6.45) is 0. The average molecular weight is 194 g/mol. The molecular weight excluding hydrogens is 186 g/mol. The minimum absolute atomic E-state index is 0.0324. The second-order valence-corrected chi connectivity index (χ2v) is 6.29. The summed E-state index contributed by atoms with van der Waals surface area (Å²) in [5.41, 5.74) is 0. The number of hydrogen-bond acceptors (Lipinski definition) is 1. The van der Waals surface area contributed by atoms with Gasteiger partial charge in [0.2, 0.25) is 0 Å². The summed E-state index contributed by atoms with van der Waals surface area (Å²) in [5.74, 6) is 0. The highest BCUT2D eigenvalue weighted by Gasteiger charge is 2.18. The fraction of sp³-hybridized carbons (Fsp3) is 1.00. The van der Waals surface area contributed by atoms with Gasteiger partial charge in [-0.15, -0.1) is 23.4 Å². The molecule has 0 fully saturated rings. The smallest absolute Gasteiger partial charge is 0.111 e. The van der Waals surface area contributed by atoms with Crippen LogP contribution in [-0.4, -0.2) is 8.37 Å². The maximum atomic E-state index is 5.57. The molecule has 0 aromatic heterocycles. The molecule has 0 radical (unpaired) electrons. The quantitative estimate of drug-likeness (QED) is 0.605. The van der Waals surface area contributed by atoms with Crippen molar-refractivity contribution in [3.63, 3.8) is 0 Å². The first-order valence-electron chi connectivity index (χ1n) is 2.11. The Balaban J connectivity index is 3.39. The van der Waals surface area contributed by atoms with Gasteiger partial charge in [-0.3, -0.25) is 0 Å². The molecule has 0 saturated heterocycles. The van der Waals surface area contributed by atoms with Crippen molar-refractivity contribution in [2.75, 3.05) is 0 Å². The summed E-state index contributed by atoms with van der Waals surface area (Å²) in [4.78, 5) is 0. The van der Waals surface area contributed by atoms with Crippen molar-refractivity contribution in [1.29, 1.82) is 0 Å². The second kappa shape index (κ2) is 3.40. The van der Waals surface area contributed by atoms with E-state index in [2.05, 4.69) is 0 Å². The maximum absolute atomic E-state index is 5.57. The number of hydrogen-bond donors (Lipinski definition) is 0. The first kappa shape index (κ1) is 9.22. The fourth-order valence-corrected chi connectivity index (χ4v) is 2.47. The molecule has 0 heterocycles. The summed E-state index contributed by atoms with van der Waals surface area (Å²) in [6, 6.07) is 0. The third kappa shape index (κ3) is 7.22. The van der Waals surface area contributed by atoms with Crippen LogP contribution in [0.25, 0.3) is 0 Å². The predicted molar refractivity (Wildman–Crippen MR) is 43.0 cm³/mol. The van der Waals surface area contributed by atoms with Crippen LogP contribution in [0.5, 0.6) is 0 Å². The van der Waals surface area contributed by atoms with Gasteiger partial charge in [-0.05, 0) is 13.8 Å². The third-order valence-electron chi connectivity index (χ3n) is 0.369. The van der Waals surface area contributed by atoms with Gasteiger partial charge in [0, 0.05) is 0 Å². The number of thioether (sulfide) groups is 1. The van der Waals surface area contributed by atoms with E-state index in [1.807, 2.05) is 6.92 Å². The highest BCUT2D eigenvalue weighted by Crippen LogP contribution is 2.37. The minimum atomic E-state index is -0.749. The monoisotopic (exact) mass is 192 g/mol. The number of halogens is 3. The molecule has 0 amide bonds. The highest BCUT2D eigenvalue weighted by molar-refractivity contribution is 8.04. The van der Waals surface area contributed by atoms with Crippen LogP contribution in [0.2, 0.25) is 0 Å². The maximum Gasteiger partial charge on any atom is 0.161 e. The van der Waals surface area contributed by atoms with Gasteiger partial charge in [0.25, 0.3) is 0 Å². The van der Waals surface area contributed by atoms with Gasteiger partial charge in [-0.1, -0.05) is 23.2 Å². The van der Waals surface area contributed by atoms with Crippen molar-refractivity contribution < 1.29 is 0 Å². The van der Waals surface area contributed by atoms with E-state index >= 15 is 0 Å². The fourth-order valence-electron chi connectivity index (χ4n) is 0.285. The first-order valence-corrected chi connectivity index (χ1v) is 4.19. The second-order valence-electron chi connectivity index (χ2n) is 1.47. The molecule has 1 atom stereocenters. The van der Waals surface area contributed by atoms with E-state index in [0.29, 0.717) is 0 Å². The summed E-state index contributed by atoms with van der Waals surface area (Å²) in [6.45, 7) is 3.52. The largest absolute Gasteiger partial charge is 0.161 e. The lowest BCUT2D eigenvalue weighted by Crippen LogP contribution is -2.01. The third-order valence-corrected chi connectivity index (χ3v) is 1.91.